The summed E-state index contributed by atoms with van der Waals surface area (Å²) in [6, 6.07) is 14.1. The maximum Gasteiger partial charge on any atom is 0.251 e. The Kier molecular flexibility index (Phi) is 6.95. The van der Waals surface area contributed by atoms with E-state index >= 15 is 0 Å². The lowest BCUT2D eigenvalue weighted by atomic mass is 10.0. The van der Waals surface area contributed by atoms with Gasteiger partial charge in [-0.15, -0.1) is 0 Å². The van der Waals surface area contributed by atoms with Crippen molar-refractivity contribution in [3.05, 3.63) is 64.7 Å². The first-order valence-corrected chi connectivity index (χ1v) is 11.4. The van der Waals surface area contributed by atoms with Gasteiger partial charge in [0.1, 0.15) is 0 Å². The first kappa shape index (κ1) is 21.8. The van der Waals surface area contributed by atoms with E-state index in [2.05, 4.69) is 10.2 Å². The van der Waals surface area contributed by atoms with Gasteiger partial charge in [0.2, 0.25) is 10.0 Å². The number of hydrogen-bond acceptors (Lipinski definition) is 4. The summed E-state index contributed by atoms with van der Waals surface area (Å²) in [5.41, 5.74) is 1.69. The Labute approximate surface area is 177 Å². The van der Waals surface area contributed by atoms with Crippen LogP contribution in [-0.2, 0) is 16.6 Å². The zero-order valence-corrected chi connectivity index (χ0v) is 18.2. The van der Waals surface area contributed by atoms with Gasteiger partial charge in [-0.3, -0.25) is 9.69 Å². The normalized spacial score (nSPS) is 16.1. The number of carbonyl (C=O) groups excluding carboxylic acids is 1. The van der Waals surface area contributed by atoms with Crippen molar-refractivity contribution in [1.82, 2.24) is 14.5 Å². The Hall–Kier alpha value is -1.93. The van der Waals surface area contributed by atoms with E-state index in [4.69, 9.17) is 11.6 Å². The van der Waals surface area contributed by atoms with Gasteiger partial charge in [0.25, 0.3) is 5.91 Å². The van der Waals surface area contributed by atoms with Crippen molar-refractivity contribution in [2.75, 3.05) is 27.2 Å². The third-order valence-corrected chi connectivity index (χ3v) is 7.22. The molecule has 1 N–H and O–H groups in total. The number of nitrogens with zero attached hydrogens (tertiary/aromatic N) is 2. The zero-order valence-electron chi connectivity index (χ0n) is 16.6. The van der Waals surface area contributed by atoms with Crippen LogP contribution in [0.15, 0.2) is 53.4 Å². The number of hydrogen-bond donors (Lipinski definition) is 1. The standard InChI is InChI=1S/C21H26ClN3O3S/c1-24(2)29(27,28)20-9-5-17(6-10-20)21(26)23-19-11-13-25(14-12-19)15-16-3-7-18(22)8-4-16/h3-10,19H,11-15H2,1-2H3,(H,23,26). The summed E-state index contributed by atoms with van der Waals surface area (Å²) in [6.07, 6.45) is 1.76. The number of benzene rings is 2. The van der Waals surface area contributed by atoms with Gasteiger partial charge < -0.3 is 5.32 Å². The second-order valence-electron chi connectivity index (χ2n) is 7.46. The Balaban J connectivity index is 1.51. The molecular formula is C21H26ClN3O3S. The number of likely N-dealkylation sites (tertiary alicyclic amines) is 1. The van der Waals surface area contributed by atoms with E-state index in [-0.39, 0.29) is 16.8 Å². The van der Waals surface area contributed by atoms with Crippen LogP contribution in [0.3, 0.4) is 0 Å². The van der Waals surface area contributed by atoms with E-state index in [0.717, 1.165) is 41.8 Å². The van der Waals surface area contributed by atoms with Crippen molar-refractivity contribution in [3.8, 4) is 0 Å². The second kappa shape index (κ2) is 9.26. The van der Waals surface area contributed by atoms with Crippen LogP contribution < -0.4 is 5.32 Å². The van der Waals surface area contributed by atoms with Gasteiger partial charge >= 0.3 is 0 Å². The minimum atomic E-state index is -3.49. The first-order chi connectivity index (χ1) is 13.8. The van der Waals surface area contributed by atoms with Crippen LogP contribution in [0.5, 0.6) is 0 Å². The molecule has 1 saturated heterocycles. The average molecular weight is 436 g/mol. The highest BCUT2D eigenvalue weighted by Crippen LogP contribution is 2.17. The molecule has 0 aliphatic carbocycles. The number of halogens is 1. The van der Waals surface area contributed by atoms with Crippen molar-refractivity contribution in [3.63, 3.8) is 0 Å². The SMILES string of the molecule is CN(C)S(=O)(=O)c1ccc(C(=O)NC2CCN(Cc3ccc(Cl)cc3)CC2)cc1. The molecule has 0 unspecified atom stereocenters. The van der Waals surface area contributed by atoms with Crippen LogP contribution >= 0.6 is 11.6 Å². The summed E-state index contributed by atoms with van der Waals surface area (Å²) in [5, 5.41) is 3.80. The third-order valence-electron chi connectivity index (χ3n) is 5.14. The molecule has 0 bridgehead atoms. The molecule has 1 fully saturated rings. The molecule has 1 heterocycles. The molecule has 3 rings (SSSR count). The number of amides is 1. The zero-order chi connectivity index (χ0) is 21.0. The van der Waals surface area contributed by atoms with Crippen LogP contribution in [0.1, 0.15) is 28.8 Å². The molecule has 156 valence electrons. The Morgan fingerprint density at radius 3 is 2.21 bits per heavy atom. The predicted octanol–water partition coefficient (Wildman–Crippen LogP) is 2.98. The first-order valence-electron chi connectivity index (χ1n) is 9.56. The number of piperidine rings is 1. The van der Waals surface area contributed by atoms with Gasteiger partial charge in [0.05, 0.1) is 4.90 Å². The lowest BCUT2D eigenvalue weighted by molar-refractivity contribution is 0.0909. The van der Waals surface area contributed by atoms with E-state index in [1.54, 1.807) is 12.1 Å². The van der Waals surface area contributed by atoms with Gasteiger partial charge in [-0.2, -0.15) is 0 Å². The summed E-state index contributed by atoms with van der Waals surface area (Å²) < 4.78 is 25.4. The highest BCUT2D eigenvalue weighted by atomic mass is 35.5. The van der Waals surface area contributed by atoms with E-state index in [1.807, 2.05) is 24.3 Å². The highest BCUT2D eigenvalue weighted by molar-refractivity contribution is 7.89. The van der Waals surface area contributed by atoms with Crippen molar-refractivity contribution in [1.29, 1.82) is 0 Å². The maximum atomic E-state index is 12.5. The molecule has 8 heteroatoms. The Bertz CT molecular complexity index is 936. The van der Waals surface area contributed by atoms with E-state index in [0.29, 0.717) is 5.56 Å². The molecule has 1 aliphatic heterocycles. The van der Waals surface area contributed by atoms with Gasteiger partial charge in [-0.25, -0.2) is 12.7 Å². The van der Waals surface area contributed by atoms with Crippen molar-refractivity contribution < 1.29 is 13.2 Å². The number of rotatable bonds is 6. The molecule has 1 amide bonds. The molecule has 2 aromatic rings. The highest BCUT2D eigenvalue weighted by Gasteiger charge is 2.22. The van der Waals surface area contributed by atoms with Gasteiger partial charge in [0, 0.05) is 50.4 Å². The van der Waals surface area contributed by atoms with Crippen molar-refractivity contribution >= 4 is 27.5 Å². The molecule has 1 aliphatic rings. The third kappa shape index (κ3) is 5.57. The summed E-state index contributed by atoms with van der Waals surface area (Å²) in [5.74, 6) is -0.171. The average Bonchev–Trinajstić information content (AvgIpc) is 2.71. The predicted molar refractivity (Wildman–Crippen MR) is 115 cm³/mol. The lowest BCUT2D eigenvalue weighted by Crippen LogP contribution is -2.44. The number of carbonyl (C=O) groups is 1. The van der Waals surface area contributed by atoms with Gasteiger partial charge in [-0.1, -0.05) is 23.7 Å². The fraction of sp³-hybridized carbons (Fsp3) is 0.381. The molecule has 0 aromatic heterocycles. The quantitative estimate of drug-likeness (QED) is 0.757. The number of nitrogens with one attached hydrogen (secondary N) is 1. The topological polar surface area (TPSA) is 69.7 Å². The molecular weight excluding hydrogens is 410 g/mol. The van der Waals surface area contributed by atoms with Crippen LogP contribution in [0.4, 0.5) is 0 Å². The van der Waals surface area contributed by atoms with E-state index in [1.165, 1.54) is 31.8 Å². The van der Waals surface area contributed by atoms with Crippen LogP contribution in [0.2, 0.25) is 5.02 Å². The van der Waals surface area contributed by atoms with Gasteiger partial charge in [-0.05, 0) is 54.8 Å². The molecule has 6 nitrogen and oxygen atoms in total. The summed E-state index contributed by atoms with van der Waals surface area (Å²) >= 11 is 5.93. The smallest absolute Gasteiger partial charge is 0.251 e. The van der Waals surface area contributed by atoms with Crippen LogP contribution in [-0.4, -0.2) is 56.8 Å². The van der Waals surface area contributed by atoms with Gasteiger partial charge in [0.15, 0.2) is 0 Å². The fourth-order valence-electron chi connectivity index (χ4n) is 3.34. The Morgan fingerprint density at radius 2 is 1.66 bits per heavy atom. The molecule has 0 radical (unpaired) electrons. The van der Waals surface area contributed by atoms with Crippen molar-refractivity contribution in [2.45, 2.75) is 30.3 Å². The fourth-order valence-corrected chi connectivity index (χ4v) is 4.37. The Morgan fingerprint density at radius 1 is 1.07 bits per heavy atom. The monoisotopic (exact) mass is 435 g/mol. The maximum absolute atomic E-state index is 12.5. The van der Waals surface area contributed by atoms with E-state index in [9.17, 15) is 13.2 Å². The lowest BCUT2D eigenvalue weighted by Gasteiger charge is -2.32. The molecule has 2 aromatic carbocycles. The molecule has 0 spiro atoms. The minimum absolute atomic E-state index is 0.120. The summed E-state index contributed by atoms with van der Waals surface area (Å²) in [6.45, 7) is 2.70. The van der Waals surface area contributed by atoms with Crippen LogP contribution in [0.25, 0.3) is 0 Å². The minimum Gasteiger partial charge on any atom is -0.349 e. The second-order valence-corrected chi connectivity index (χ2v) is 10.1. The molecule has 0 atom stereocenters. The summed E-state index contributed by atoms with van der Waals surface area (Å²) in [7, 11) is -0.529. The molecule has 0 saturated carbocycles. The van der Waals surface area contributed by atoms with Crippen molar-refractivity contribution in [2.24, 2.45) is 0 Å². The largest absolute Gasteiger partial charge is 0.349 e. The van der Waals surface area contributed by atoms with Crippen LogP contribution in [0, 0.1) is 0 Å². The summed E-state index contributed by atoms with van der Waals surface area (Å²) in [4.78, 5) is 15.1. The number of sulfonamides is 1. The van der Waals surface area contributed by atoms with E-state index < -0.39 is 10.0 Å². The molecule has 29 heavy (non-hydrogen) atoms.